The van der Waals surface area contributed by atoms with E-state index in [-0.39, 0.29) is 41.0 Å². The number of aliphatic carboxylic acids is 1. The van der Waals surface area contributed by atoms with Crippen LogP contribution in [-0.4, -0.2) is 75.5 Å². The van der Waals surface area contributed by atoms with Gasteiger partial charge in [-0.25, -0.2) is 0 Å². The van der Waals surface area contributed by atoms with Crippen LogP contribution in [0.3, 0.4) is 0 Å². The molecule has 2 heterocycles. The Morgan fingerprint density at radius 1 is 1.50 bits per heavy atom. The van der Waals surface area contributed by atoms with Crippen LogP contribution in [0, 0.1) is 4.91 Å². The smallest absolute Gasteiger partial charge is 0.547 e. The third-order valence-electron chi connectivity index (χ3n) is 3.91. The number of carbonyl (C=O) groups is 1. The van der Waals surface area contributed by atoms with Gasteiger partial charge in [-0.15, -0.1) is 4.91 Å². The molecule has 150 valence electrons. The average Bonchev–Trinajstić information content (AvgIpc) is 2.70. The number of aliphatic hydroxyl groups is 3. The number of aromatic nitrogens is 1. The minimum Gasteiger partial charge on any atom is -0.547 e. The Labute approximate surface area is 190 Å². The second kappa shape index (κ2) is 11.7. The Hall–Kier alpha value is -1.18. The number of nitroso groups, excluding NO2 is 1. The summed E-state index contributed by atoms with van der Waals surface area (Å²) in [6, 6.07) is 3.01. The normalized spacial score (nSPS) is 31.7. The molecule has 12 heteroatoms. The molecule has 0 aromatic carbocycles. The van der Waals surface area contributed by atoms with E-state index >= 15 is 0 Å². The number of hydrogen-bond donors (Lipinski definition) is 3. The Morgan fingerprint density at radius 3 is 2.82 bits per heavy atom. The van der Waals surface area contributed by atoms with Crippen molar-refractivity contribution in [1.29, 1.82) is 0 Å². The number of hydrogen-bond acceptors (Lipinski definition) is 10. The van der Waals surface area contributed by atoms with E-state index in [4.69, 9.17) is 16.3 Å². The molecular weight excluding hydrogens is 385 g/mol. The van der Waals surface area contributed by atoms with E-state index in [1.165, 1.54) is 24.5 Å². The number of carboxylic acid groups (broad SMARTS) is 1. The molecule has 0 bridgehead atoms. The molecular formula is C16H22N3NaO8. The maximum atomic E-state index is 11.2. The molecule has 1 unspecified atom stereocenters. The van der Waals surface area contributed by atoms with E-state index in [1.807, 2.05) is 0 Å². The molecule has 0 aliphatic carbocycles. The van der Waals surface area contributed by atoms with Gasteiger partial charge in [0.1, 0.15) is 24.4 Å². The van der Waals surface area contributed by atoms with Crippen molar-refractivity contribution in [3.05, 3.63) is 35.0 Å². The van der Waals surface area contributed by atoms with Crippen molar-refractivity contribution in [2.45, 2.75) is 49.7 Å². The Bertz CT molecular complexity index is 793. The number of nitrogens with zero attached hydrogens (tertiary/aromatic N) is 3. The van der Waals surface area contributed by atoms with Crippen molar-refractivity contribution in [2.75, 3.05) is 13.5 Å². The van der Waals surface area contributed by atoms with Gasteiger partial charge in [0.05, 0.1) is 20.1 Å². The summed E-state index contributed by atoms with van der Waals surface area (Å²) in [5.74, 6) is -1.86. The maximum absolute atomic E-state index is 11.2. The van der Waals surface area contributed by atoms with Crippen LogP contribution in [0.5, 0.6) is 0 Å². The predicted molar refractivity (Wildman–Crippen MR) is 87.4 cm³/mol. The van der Waals surface area contributed by atoms with Gasteiger partial charge in [-0.3, -0.25) is 9.99 Å². The van der Waals surface area contributed by atoms with Gasteiger partial charge in [0.2, 0.25) is 0 Å². The molecule has 6 atom stereocenters. The fourth-order valence-electron chi connectivity index (χ4n) is 2.53. The fourth-order valence-corrected chi connectivity index (χ4v) is 2.53. The molecule has 1 saturated heterocycles. The first-order chi connectivity index (χ1) is 14.8. The zero-order chi connectivity index (χ0) is 24.3. The minimum absolute atomic E-state index is 0. The molecule has 0 amide bonds. The minimum atomic E-state index is -3.15. The van der Waals surface area contributed by atoms with E-state index < -0.39 is 62.7 Å². The molecule has 0 radical (unpaired) electrons. The molecule has 28 heavy (non-hydrogen) atoms. The van der Waals surface area contributed by atoms with Crippen LogP contribution in [0.2, 0.25) is 0 Å². The quantitative estimate of drug-likeness (QED) is 0.203. The Balaban J connectivity index is 0.00000544. The van der Waals surface area contributed by atoms with Crippen LogP contribution in [0.4, 0.5) is 0 Å². The van der Waals surface area contributed by atoms with Crippen LogP contribution in [0.25, 0.3) is 0 Å². The van der Waals surface area contributed by atoms with Crippen molar-refractivity contribution in [2.24, 2.45) is 5.29 Å². The summed E-state index contributed by atoms with van der Waals surface area (Å²) >= 11 is 0. The van der Waals surface area contributed by atoms with Crippen molar-refractivity contribution in [3.63, 3.8) is 0 Å². The summed E-state index contributed by atoms with van der Waals surface area (Å²) in [5, 5.41) is 43.1. The summed E-state index contributed by atoms with van der Waals surface area (Å²) in [6.07, 6.45) is -8.96. The van der Waals surface area contributed by atoms with E-state index in [0.717, 1.165) is 0 Å². The van der Waals surface area contributed by atoms with Gasteiger partial charge in [-0.2, -0.15) is 0 Å². The largest absolute Gasteiger partial charge is 1.00 e. The van der Waals surface area contributed by atoms with Gasteiger partial charge in [-0.1, -0.05) is 6.07 Å². The van der Waals surface area contributed by atoms with Crippen molar-refractivity contribution < 1.29 is 71.1 Å². The Kier molecular flexibility index (Phi) is 7.40. The first kappa shape index (κ1) is 17.7. The monoisotopic (exact) mass is 412 g/mol. The van der Waals surface area contributed by atoms with Gasteiger partial charge in [-0.05, 0) is 24.5 Å². The first-order valence-corrected chi connectivity index (χ1v) is 7.89. The number of carboxylic acids is 1. The summed E-state index contributed by atoms with van der Waals surface area (Å²) in [4.78, 5) is 26.0. The standard InChI is InChI=1S/C16H23N3O8.Na/c1-19(18-25)7-3-5-10(9-4-2-6-17-8-9)26-16-13(22)11(20)12(21)14(27-16)15(23)24;/h2,4,6,8,10-14,16,20-22H,3,5,7H2,1H3,(H,23,24);/q;+1/p-1/t10?,11-,12-,13+,14-,16+;/m0./s1/i1D3,7D2;. The molecule has 1 aliphatic heterocycles. The van der Waals surface area contributed by atoms with E-state index in [1.54, 1.807) is 0 Å². The van der Waals surface area contributed by atoms with E-state index in [2.05, 4.69) is 10.3 Å². The maximum Gasteiger partial charge on any atom is 1.00 e. The van der Waals surface area contributed by atoms with Crippen molar-refractivity contribution in [3.8, 4) is 0 Å². The van der Waals surface area contributed by atoms with Crippen LogP contribution in [-0.2, 0) is 14.3 Å². The van der Waals surface area contributed by atoms with Crippen LogP contribution in [0.1, 0.15) is 31.4 Å². The Morgan fingerprint density at radius 2 is 2.25 bits per heavy atom. The van der Waals surface area contributed by atoms with Gasteiger partial charge in [0.15, 0.2) is 6.29 Å². The van der Waals surface area contributed by atoms with Crippen molar-refractivity contribution in [1.82, 2.24) is 9.99 Å². The third kappa shape index (κ3) is 6.42. The van der Waals surface area contributed by atoms with Crippen LogP contribution in [0.15, 0.2) is 29.8 Å². The molecule has 0 spiro atoms. The second-order valence-electron chi connectivity index (χ2n) is 5.72. The van der Waals surface area contributed by atoms with Crippen molar-refractivity contribution >= 4 is 5.97 Å². The molecule has 1 aromatic rings. The molecule has 1 fully saturated rings. The zero-order valence-corrected chi connectivity index (χ0v) is 16.9. The SMILES string of the molecule is [2H]C([2H])([2H])N(N=O)C([2H])([2H])CCC(O[C@@H]1O[C@H](C(=O)[O-])[C@@H](O)[C@H](O)[C@H]1O)c1cccnc1.[Na+]. The van der Waals surface area contributed by atoms with Gasteiger partial charge in [0, 0.05) is 30.0 Å². The average molecular weight is 412 g/mol. The number of aliphatic hydroxyl groups excluding tert-OH is 3. The summed E-state index contributed by atoms with van der Waals surface area (Å²) in [7, 11) is 0. The van der Waals surface area contributed by atoms with Crippen LogP contribution < -0.4 is 34.7 Å². The third-order valence-corrected chi connectivity index (χ3v) is 3.91. The molecule has 3 N–H and O–H groups in total. The summed E-state index contributed by atoms with van der Waals surface area (Å²) < 4.78 is 48.2. The molecule has 11 nitrogen and oxygen atoms in total. The fraction of sp³-hybridized carbons (Fsp3) is 0.625. The first-order valence-electron chi connectivity index (χ1n) is 10.4. The molecule has 1 aliphatic rings. The molecule has 2 rings (SSSR count). The van der Waals surface area contributed by atoms with Crippen LogP contribution >= 0.6 is 0 Å². The van der Waals surface area contributed by atoms with Gasteiger partial charge >= 0.3 is 29.6 Å². The number of rotatable bonds is 9. The molecule has 1 aromatic heterocycles. The van der Waals surface area contributed by atoms with E-state index in [0.29, 0.717) is 5.56 Å². The summed E-state index contributed by atoms with van der Waals surface area (Å²) in [5.41, 5.74) is 0.309. The van der Waals surface area contributed by atoms with Gasteiger partial charge in [0.25, 0.3) is 0 Å². The second-order valence-corrected chi connectivity index (χ2v) is 5.72. The number of carbonyl (C=O) groups excluding carboxylic acids is 1. The van der Waals surface area contributed by atoms with E-state index in [9.17, 15) is 30.1 Å². The zero-order valence-electron chi connectivity index (χ0n) is 19.9. The molecule has 0 saturated carbocycles. The van der Waals surface area contributed by atoms with Gasteiger partial charge < -0.3 is 34.7 Å². The predicted octanol–water partition coefficient (Wildman–Crippen LogP) is -4.91. The number of ether oxygens (including phenoxy) is 2. The topological polar surface area (TPSA) is 165 Å². The number of pyridine rings is 1. The summed E-state index contributed by atoms with van der Waals surface area (Å²) in [6.45, 7) is -5.88.